The van der Waals surface area contributed by atoms with Gasteiger partial charge in [0.15, 0.2) is 0 Å². The first-order valence-corrected chi connectivity index (χ1v) is 15.2. The largest absolute Gasteiger partial charge is 0.497 e. The van der Waals surface area contributed by atoms with Crippen molar-refractivity contribution in [3.8, 4) is 5.75 Å². The van der Waals surface area contributed by atoms with Crippen LogP contribution in [0.15, 0.2) is 42.5 Å². The zero-order chi connectivity index (χ0) is 29.4. The van der Waals surface area contributed by atoms with Gasteiger partial charge in [-0.25, -0.2) is 4.79 Å². The summed E-state index contributed by atoms with van der Waals surface area (Å²) in [5.74, 6) is 0.759. The first-order chi connectivity index (χ1) is 18.9. The fraction of sp³-hybridized carbons (Fsp3) is 0.516. The molecular formula is C31H43N3O5S. The molecule has 3 rings (SSSR count). The van der Waals surface area contributed by atoms with Gasteiger partial charge in [-0.3, -0.25) is 9.59 Å². The fourth-order valence-electron chi connectivity index (χ4n) is 4.74. The number of nitrogens with zero attached hydrogens (tertiary/aromatic N) is 1. The summed E-state index contributed by atoms with van der Waals surface area (Å²) in [5.41, 5.74) is 2.66. The second kappa shape index (κ2) is 13.9. The van der Waals surface area contributed by atoms with Crippen molar-refractivity contribution < 1.29 is 23.9 Å². The van der Waals surface area contributed by atoms with Crippen molar-refractivity contribution in [3.63, 3.8) is 0 Å². The monoisotopic (exact) mass is 569 g/mol. The molecule has 3 amide bonds. The number of hydrogen-bond acceptors (Lipinski definition) is 6. The molecule has 0 bridgehead atoms. The van der Waals surface area contributed by atoms with Gasteiger partial charge in [0.2, 0.25) is 5.91 Å². The molecule has 2 unspecified atom stereocenters. The van der Waals surface area contributed by atoms with Gasteiger partial charge in [0.1, 0.15) is 23.4 Å². The summed E-state index contributed by atoms with van der Waals surface area (Å²) in [6.45, 7) is 9.31. The Hall–Kier alpha value is -3.20. The number of amides is 3. The highest BCUT2D eigenvalue weighted by Gasteiger charge is 2.42. The number of ether oxygens (including phenoxy) is 2. The molecule has 218 valence electrons. The van der Waals surface area contributed by atoms with Crippen LogP contribution in [-0.2, 0) is 14.3 Å². The molecule has 0 spiro atoms. The van der Waals surface area contributed by atoms with E-state index in [0.717, 1.165) is 36.0 Å². The van der Waals surface area contributed by atoms with Crippen LogP contribution in [0, 0.1) is 13.8 Å². The van der Waals surface area contributed by atoms with Gasteiger partial charge in [0, 0.05) is 11.7 Å². The lowest BCUT2D eigenvalue weighted by Crippen LogP contribution is -2.57. The van der Waals surface area contributed by atoms with Gasteiger partial charge in [-0.05, 0) is 108 Å². The Kier molecular flexibility index (Phi) is 10.9. The van der Waals surface area contributed by atoms with Crippen LogP contribution in [-0.4, -0.2) is 59.6 Å². The molecule has 0 aliphatic heterocycles. The number of carbonyl (C=O) groups excluding carboxylic acids is 3. The summed E-state index contributed by atoms with van der Waals surface area (Å²) in [6, 6.07) is 11.2. The molecule has 2 aromatic carbocycles. The van der Waals surface area contributed by atoms with Gasteiger partial charge in [0.25, 0.3) is 5.91 Å². The average molecular weight is 570 g/mol. The lowest BCUT2D eigenvalue weighted by Gasteiger charge is -2.44. The van der Waals surface area contributed by atoms with Crippen LogP contribution >= 0.6 is 11.8 Å². The van der Waals surface area contributed by atoms with E-state index in [1.165, 1.54) is 0 Å². The third-order valence-electron chi connectivity index (χ3n) is 6.93. The van der Waals surface area contributed by atoms with E-state index in [4.69, 9.17) is 9.47 Å². The minimum atomic E-state index is -0.877. The normalized spacial score (nSPS) is 14.9. The molecule has 40 heavy (non-hydrogen) atoms. The molecule has 1 aliphatic carbocycles. The molecule has 0 saturated heterocycles. The lowest BCUT2D eigenvalue weighted by atomic mass is 9.87. The second-order valence-corrected chi connectivity index (χ2v) is 12.3. The van der Waals surface area contributed by atoms with Crippen molar-refractivity contribution in [1.82, 2.24) is 10.2 Å². The van der Waals surface area contributed by atoms with Crippen LogP contribution < -0.4 is 15.4 Å². The number of thioether (sulfide) groups is 1. The minimum Gasteiger partial charge on any atom is -0.497 e. The Bertz CT molecular complexity index is 1170. The standard InChI is InChI=1S/C31H43N3O5S/c1-20-11-16-25(21(2)19-20)27(28(35)32-22-12-14-24(38-6)15-13-22)34(23-9-8-10-23)29(36)26(17-18-40-7)33-30(37)39-31(3,4)5/h11-16,19,23,26-27H,8-10,17-18H2,1-7H3,(H,32,35)(H,33,37). The van der Waals surface area contributed by atoms with E-state index in [9.17, 15) is 14.4 Å². The molecule has 9 heteroatoms. The Morgan fingerprint density at radius 2 is 1.75 bits per heavy atom. The Labute approximate surface area is 242 Å². The van der Waals surface area contributed by atoms with Crippen molar-refractivity contribution in [1.29, 1.82) is 0 Å². The summed E-state index contributed by atoms with van der Waals surface area (Å²) in [4.78, 5) is 42.9. The van der Waals surface area contributed by atoms with Gasteiger partial charge >= 0.3 is 6.09 Å². The van der Waals surface area contributed by atoms with Crippen molar-refractivity contribution >= 4 is 35.4 Å². The Balaban J connectivity index is 2.03. The van der Waals surface area contributed by atoms with Crippen LogP contribution in [0.1, 0.15) is 69.2 Å². The molecule has 2 aromatic rings. The zero-order valence-corrected chi connectivity index (χ0v) is 25.5. The van der Waals surface area contributed by atoms with Gasteiger partial charge in [-0.2, -0.15) is 11.8 Å². The highest BCUT2D eigenvalue weighted by atomic mass is 32.2. The van der Waals surface area contributed by atoms with Crippen LogP contribution in [0.4, 0.5) is 10.5 Å². The van der Waals surface area contributed by atoms with E-state index in [2.05, 4.69) is 10.6 Å². The molecule has 1 saturated carbocycles. The number of aryl methyl sites for hydroxylation is 2. The van der Waals surface area contributed by atoms with E-state index in [0.29, 0.717) is 23.6 Å². The van der Waals surface area contributed by atoms with Gasteiger partial charge in [-0.15, -0.1) is 0 Å². The first-order valence-electron chi connectivity index (χ1n) is 13.8. The third kappa shape index (κ3) is 8.40. The summed E-state index contributed by atoms with van der Waals surface area (Å²) < 4.78 is 10.7. The molecule has 8 nitrogen and oxygen atoms in total. The molecular weight excluding hydrogens is 526 g/mol. The van der Waals surface area contributed by atoms with E-state index in [1.54, 1.807) is 68.8 Å². The highest BCUT2D eigenvalue weighted by molar-refractivity contribution is 7.98. The quantitative estimate of drug-likeness (QED) is 0.344. The van der Waals surface area contributed by atoms with E-state index in [-0.39, 0.29) is 17.9 Å². The van der Waals surface area contributed by atoms with Crippen LogP contribution in [0.3, 0.4) is 0 Å². The second-order valence-electron chi connectivity index (χ2n) is 11.3. The van der Waals surface area contributed by atoms with E-state index < -0.39 is 23.8 Å². The summed E-state index contributed by atoms with van der Waals surface area (Å²) in [7, 11) is 1.59. The summed E-state index contributed by atoms with van der Waals surface area (Å²) >= 11 is 1.59. The Morgan fingerprint density at radius 3 is 2.27 bits per heavy atom. The fourth-order valence-corrected chi connectivity index (χ4v) is 5.21. The van der Waals surface area contributed by atoms with Crippen LogP contribution in [0.2, 0.25) is 0 Å². The predicted molar refractivity (Wildman–Crippen MR) is 161 cm³/mol. The van der Waals surface area contributed by atoms with Gasteiger partial charge in [0.05, 0.1) is 7.11 Å². The molecule has 2 atom stereocenters. The summed E-state index contributed by atoms with van der Waals surface area (Å²) in [6.07, 6.45) is 4.30. The molecule has 0 aromatic heterocycles. The minimum absolute atomic E-state index is 0.114. The van der Waals surface area contributed by atoms with E-state index >= 15 is 0 Å². The van der Waals surface area contributed by atoms with Crippen molar-refractivity contribution in [2.24, 2.45) is 0 Å². The average Bonchev–Trinajstić information content (AvgIpc) is 2.85. The van der Waals surface area contributed by atoms with Gasteiger partial charge in [-0.1, -0.05) is 23.8 Å². The van der Waals surface area contributed by atoms with Crippen LogP contribution in [0.5, 0.6) is 5.75 Å². The molecule has 1 fully saturated rings. The van der Waals surface area contributed by atoms with Crippen LogP contribution in [0.25, 0.3) is 0 Å². The molecule has 2 N–H and O–H groups in total. The summed E-state index contributed by atoms with van der Waals surface area (Å²) in [5, 5.41) is 5.83. The zero-order valence-electron chi connectivity index (χ0n) is 24.7. The third-order valence-corrected chi connectivity index (χ3v) is 7.57. The maximum atomic E-state index is 14.4. The topological polar surface area (TPSA) is 97.0 Å². The highest BCUT2D eigenvalue weighted by Crippen LogP contribution is 2.36. The lowest BCUT2D eigenvalue weighted by molar-refractivity contribution is -0.145. The molecule has 0 radical (unpaired) electrons. The number of methoxy groups -OCH3 is 1. The first kappa shape index (κ1) is 31.3. The maximum absolute atomic E-state index is 14.4. The SMILES string of the molecule is COc1ccc(NC(=O)C(c2ccc(C)cc2C)N(C(=O)C(CCSC)NC(=O)OC(C)(C)C)C2CCC2)cc1. The predicted octanol–water partition coefficient (Wildman–Crippen LogP) is 6.02. The number of anilines is 1. The number of carbonyl (C=O) groups is 3. The van der Waals surface area contributed by atoms with Gasteiger partial charge < -0.3 is 25.0 Å². The maximum Gasteiger partial charge on any atom is 0.408 e. The number of alkyl carbamates (subject to hydrolysis) is 1. The Morgan fingerprint density at radius 1 is 1.07 bits per heavy atom. The van der Waals surface area contributed by atoms with Crippen molar-refractivity contribution in [2.75, 3.05) is 24.4 Å². The molecule has 1 aliphatic rings. The molecule has 0 heterocycles. The van der Waals surface area contributed by atoms with Crippen molar-refractivity contribution in [2.45, 2.75) is 84.0 Å². The number of nitrogens with one attached hydrogen (secondary N) is 2. The smallest absolute Gasteiger partial charge is 0.408 e. The number of rotatable bonds is 11. The van der Waals surface area contributed by atoms with E-state index in [1.807, 2.05) is 38.3 Å². The number of benzene rings is 2. The number of hydrogen-bond donors (Lipinski definition) is 2. The van der Waals surface area contributed by atoms with Crippen molar-refractivity contribution in [3.05, 3.63) is 59.2 Å².